The Balaban J connectivity index is 1.67. The Morgan fingerprint density at radius 2 is 1.97 bits per heavy atom. The van der Waals surface area contributed by atoms with E-state index in [0.29, 0.717) is 35.7 Å². The van der Waals surface area contributed by atoms with E-state index in [1.165, 1.54) is 12.7 Å². The minimum Gasteiger partial charge on any atom is -0.493 e. The van der Waals surface area contributed by atoms with E-state index in [0.717, 1.165) is 51.0 Å². The number of ether oxygens (including phenoxy) is 1. The van der Waals surface area contributed by atoms with Gasteiger partial charge in [0.1, 0.15) is 5.78 Å². The number of carbonyl (C=O) groups excluding carboxylic acids is 2. The van der Waals surface area contributed by atoms with Crippen molar-refractivity contribution in [1.82, 2.24) is 4.72 Å². The minimum atomic E-state index is -4.26. The molecule has 1 N–H and O–H groups in total. The summed E-state index contributed by atoms with van der Waals surface area (Å²) in [6.07, 6.45) is 6.28. The number of Topliss-reactive ketones (excluding diaryl/α,β-unsaturated/α-hetero) is 1. The highest BCUT2D eigenvalue weighted by atomic mass is 32.2. The van der Waals surface area contributed by atoms with E-state index in [2.05, 4.69) is 6.92 Å². The van der Waals surface area contributed by atoms with Crippen molar-refractivity contribution in [3.8, 4) is 11.5 Å². The lowest BCUT2D eigenvalue weighted by atomic mass is 9.54. The molecule has 2 saturated carbocycles. The second-order valence-corrected chi connectivity index (χ2v) is 10.1. The maximum atomic E-state index is 12.7. The molecule has 2 fully saturated rings. The van der Waals surface area contributed by atoms with E-state index in [9.17, 15) is 18.0 Å². The fourth-order valence-corrected chi connectivity index (χ4v) is 7.10. The molecule has 4 unspecified atom stereocenters. The third-order valence-corrected chi connectivity index (χ3v) is 8.49. The minimum absolute atomic E-state index is 0.0817. The summed E-state index contributed by atoms with van der Waals surface area (Å²) in [5.41, 5.74) is 2.09. The first-order valence-electron chi connectivity index (χ1n) is 10.7. The standard InChI is InChI=1S/C22H29NO6S/c1-4-22-10-9-15-16(18(22)7-8-21(22)25)6-5-14-11-20(19(28-3)12-17(14)15)29-30(26,27)23-13(2)24/h11-12,15-16,18H,4-10H2,1-3H3,(H,23,24). The zero-order valence-electron chi connectivity index (χ0n) is 17.7. The van der Waals surface area contributed by atoms with Crippen molar-refractivity contribution in [1.29, 1.82) is 0 Å². The van der Waals surface area contributed by atoms with Crippen molar-refractivity contribution in [2.45, 2.75) is 64.7 Å². The van der Waals surface area contributed by atoms with Gasteiger partial charge in [0.25, 0.3) is 0 Å². The lowest BCUT2D eigenvalue weighted by Gasteiger charge is -2.49. The molecular formula is C22H29NO6S. The molecule has 8 heteroatoms. The molecule has 0 aromatic heterocycles. The average molecular weight is 436 g/mol. The molecule has 0 radical (unpaired) electrons. The van der Waals surface area contributed by atoms with Crippen molar-refractivity contribution in [2.75, 3.05) is 7.11 Å². The molecule has 7 nitrogen and oxygen atoms in total. The number of methoxy groups -OCH3 is 1. The molecule has 1 aromatic carbocycles. The molecule has 0 saturated heterocycles. The predicted molar refractivity (Wildman–Crippen MR) is 111 cm³/mol. The number of hydrogen-bond acceptors (Lipinski definition) is 6. The van der Waals surface area contributed by atoms with Crippen LogP contribution >= 0.6 is 0 Å². The average Bonchev–Trinajstić information content (AvgIpc) is 3.03. The lowest BCUT2D eigenvalue weighted by molar-refractivity contribution is -0.131. The molecule has 1 amide bonds. The summed E-state index contributed by atoms with van der Waals surface area (Å²) in [5, 5.41) is 0. The van der Waals surface area contributed by atoms with Gasteiger partial charge in [-0.05, 0) is 79.5 Å². The van der Waals surface area contributed by atoms with Crippen LogP contribution < -0.4 is 13.6 Å². The lowest BCUT2D eigenvalue weighted by Crippen LogP contribution is -2.44. The van der Waals surface area contributed by atoms with Crippen LogP contribution in [0.15, 0.2) is 12.1 Å². The number of aryl methyl sites for hydroxylation is 1. The summed E-state index contributed by atoms with van der Waals surface area (Å²) in [5.74, 6) is 1.39. The zero-order valence-corrected chi connectivity index (χ0v) is 18.5. The molecule has 4 rings (SSSR count). The number of hydrogen-bond donors (Lipinski definition) is 1. The van der Waals surface area contributed by atoms with Crippen molar-refractivity contribution in [3.05, 3.63) is 23.3 Å². The molecule has 4 atom stereocenters. The summed E-state index contributed by atoms with van der Waals surface area (Å²) in [7, 11) is -2.79. The van der Waals surface area contributed by atoms with Crippen molar-refractivity contribution < 1.29 is 26.9 Å². The SMILES string of the molecule is CCC12CCC3c4cc(OC)c(OS(=O)(=O)NC(C)=O)cc4CCC3C1CCC2=O. The highest BCUT2D eigenvalue weighted by molar-refractivity contribution is 7.85. The molecule has 3 aliphatic rings. The Kier molecular flexibility index (Phi) is 5.33. The van der Waals surface area contributed by atoms with Gasteiger partial charge in [-0.15, -0.1) is 0 Å². The van der Waals surface area contributed by atoms with Crippen LogP contribution in [0.25, 0.3) is 0 Å². The van der Waals surface area contributed by atoms with Crippen LogP contribution in [0.1, 0.15) is 69.4 Å². The van der Waals surface area contributed by atoms with Crippen LogP contribution in [0.4, 0.5) is 0 Å². The van der Waals surface area contributed by atoms with E-state index in [4.69, 9.17) is 8.92 Å². The number of fused-ring (bicyclic) bond motifs is 5. The van der Waals surface area contributed by atoms with Gasteiger partial charge < -0.3 is 8.92 Å². The van der Waals surface area contributed by atoms with Gasteiger partial charge in [-0.3, -0.25) is 9.59 Å². The largest absolute Gasteiger partial charge is 0.493 e. The molecule has 0 aliphatic heterocycles. The van der Waals surface area contributed by atoms with Gasteiger partial charge in [0, 0.05) is 18.8 Å². The zero-order chi connectivity index (χ0) is 21.7. The van der Waals surface area contributed by atoms with Crippen LogP contribution in [-0.2, 0) is 26.3 Å². The number of carbonyl (C=O) groups is 2. The Hall–Kier alpha value is -2.09. The van der Waals surface area contributed by atoms with Crippen LogP contribution in [0.5, 0.6) is 11.5 Å². The Morgan fingerprint density at radius 1 is 1.20 bits per heavy atom. The predicted octanol–water partition coefficient (Wildman–Crippen LogP) is 3.27. The van der Waals surface area contributed by atoms with E-state index in [-0.39, 0.29) is 11.2 Å². The van der Waals surface area contributed by atoms with Gasteiger partial charge in [-0.25, -0.2) is 4.72 Å². The number of amides is 1. The normalized spacial score (nSPS) is 30.1. The summed E-state index contributed by atoms with van der Waals surface area (Å²) in [6.45, 7) is 3.26. The van der Waals surface area contributed by atoms with E-state index in [1.54, 1.807) is 6.07 Å². The fraction of sp³-hybridized carbons (Fsp3) is 0.636. The number of ketones is 1. The Morgan fingerprint density at radius 3 is 2.63 bits per heavy atom. The fourth-order valence-electron chi connectivity index (χ4n) is 6.34. The first kappa shape index (κ1) is 21.2. The summed E-state index contributed by atoms with van der Waals surface area (Å²) < 4.78 is 36.5. The van der Waals surface area contributed by atoms with Gasteiger partial charge >= 0.3 is 10.3 Å². The Labute approximate surface area is 177 Å². The third kappa shape index (κ3) is 3.39. The van der Waals surface area contributed by atoms with Gasteiger partial charge in [-0.1, -0.05) is 6.92 Å². The number of benzene rings is 1. The van der Waals surface area contributed by atoms with Crippen LogP contribution in [-0.4, -0.2) is 27.2 Å². The molecule has 164 valence electrons. The highest BCUT2D eigenvalue weighted by Crippen LogP contribution is 2.61. The molecular weight excluding hydrogens is 406 g/mol. The summed E-state index contributed by atoms with van der Waals surface area (Å²) in [4.78, 5) is 23.8. The highest BCUT2D eigenvalue weighted by Gasteiger charge is 2.56. The van der Waals surface area contributed by atoms with Gasteiger partial charge in [0.05, 0.1) is 7.11 Å². The molecule has 0 spiro atoms. The monoisotopic (exact) mass is 435 g/mol. The molecule has 0 heterocycles. The van der Waals surface area contributed by atoms with Gasteiger partial charge in [-0.2, -0.15) is 8.42 Å². The van der Waals surface area contributed by atoms with Crippen molar-refractivity contribution >= 4 is 22.0 Å². The maximum Gasteiger partial charge on any atom is 0.409 e. The topological polar surface area (TPSA) is 98.8 Å². The van der Waals surface area contributed by atoms with Crippen LogP contribution in [0.3, 0.4) is 0 Å². The number of rotatable bonds is 5. The molecule has 1 aromatic rings. The van der Waals surface area contributed by atoms with E-state index >= 15 is 0 Å². The Bertz CT molecular complexity index is 988. The van der Waals surface area contributed by atoms with Gasteiger partial charge in [0.2, 0.25) is 5.91 Å². The third-order valence-electron chi connectivity index (χ3n) is 7.55. The number of nitrogens with one attached hydrogen (secondary N) is 1. The summed E-state index contributed by atoms with van der Waals surface area (Å²) >= 11 is 0. The van der Waals surface area contributed by atoms with Crippen molar-refractivity contribution in [3.63, 3.8) is 0 Å². The second-order valence-electron chi connectivity index (χ2n) is 8.82. The summed E-state index contributed by atoms with van der Waals surface area (Å²) in [6, 6.07) is 3.62. The molecule has 30 heavy (non-hydrogen) atoms. The first-order chi connectivity index (χ1) is 14.2. The van der Waals surface area contributed by atoms with Gasteiger partial charge in [0.15, 0.2) is 11.5 Å². The molecule has 3 aliphatic carbocycles. The van der Waals surface area contributed by atoms with E-state index < -0.39 is 16.2 Å². The smallest absolute Gasteiger partial charge is 0.409 e. The van der Waals surface area contributed by atoms with E-state index in [1.807, 2.05) is 10.8 Å². The van der Waals surface area contributed by atoms with Crippen LogP contribution in [0.2, 0.25) is 0 Å². The van der Waals surface area contributed by atoms with Crippen molar-refractivity contribution in [2.24, 2.45) is 17.3 Å². The second kappa shape index (κ2) is 7.55. The quantitative estimate of drug-likeness (QED) is 0.762. The first-order valence-corrected chi connectivity index (χ1v) is 12.1. The maximum absolute atomic E-state index is 12.7. The van der Waals surface area contributed by atoms with Crippen LogP contribution in [0, 0.1) is 17.3 Å². The molecule has 0 bridgehead atoms.